The number of aromatic nitrogens is 2. The van der Waals surface area contributed by atoms with Crippen LogP contribution in [0.1, 0.15) is 35.9 Å². The van der Waals surface area contributed by atoms with Crippen molar-refractivity contribution in [3.05, 3.63) is 16.0 Å². The molecule has 0 radical (unpaired) electrons. The van der Waals surface area contributed by atoms with Gasteiger partial charge in [-0.2, -0.15) is 4.37 Å². The summed E-state index contributed by atoms with van der Waals surface area (Å²) in [6.45, 7) is 4.16. The number of carbonyl (C=O) groups is 1. The zero-order chi connectivity index (χ0) is 14.0. The second-order valence-corrected chi connectivity index (χ2v) is 5.59. The third kappa shape index (κ3) is 2.71. The van der Waals surface area contributed by atoms with Crippen molar-refractivity contribution in [2.24, 2.45) is 0 Å². The lowest BCUT2D eigenvalue weighted by Crippen LogP contribution is -2.09. The van der Waals surface area contributed by atoms with Gasteiger partial charge in [0.05, 0.1) is 17.7 Å². The van der Waals surface area contributed by atoms with Crippen molar-refractivity contribution in [3.8, 4) is 5.75 Å². The van der Waals surface area contributed by atoms with E-state index >= 15 is 0 Å². The fourth-order valence-electron chi connectivity index (χ4n) is 1.61. The molecule has 2 aromatic heterocycles. The first kappa shape index (κ1) is 14.2. The summed E-state index contributed by atoms with van der Waals surface area (Å²) < 4.78 is 10.3. The second kappa shape index (κ2) is 5.83. The molecular weight excluding hydrogens is 332 g/mol. The van der Waals surface area contributed by atoms with Crippen LogP contribution < -0.4 is 0 Å². The lowest BCUT2D eigenvalue weighted by atomic mass is 10.2. The van der Waals surface area contributed by atoms with Gasteiger partial charge < -0.3 is 9.84 Å². The Morgan fingerprint density at radius 2 is 2.26 bits per heavy atom. The smallest absolute Gasteiger partial charge is 0.360 e. The van der Waals surface area contributed by atoms with Gasteiger partial charge in [0.1, 0.15) is 9.30 Å². The van der Waals surface area contributed by atoms with Crippen LogP contribution >= 0.6 is 27.5 Å². The summed E-state index contributed by atoms with van der Waals surface area (Å²) >= 11 is 4.44. The van der Waals surface area contributed by atoms with Crippen LogP contribution in [0.15, 0.2) is 4.60 Å². The molecule has 0 aliphatic carbocycles. The first-order valence-electron chi connectivity index (χ1n) is 5.87. The molecular formula is C12H13BrN2O3S. The third-order valence-electron chi connectivity index (χ3n) is 2.64. The number of rotatable bonds is 4. The summed E-state index contributed by atoms with van der Waals surface area (Å²) in [4.78, 5) is 15.9. The molecule has 2 heterocycles. The Morgan fingerprint density at radius 1 is 1.53 bits per heavy atom. The maximum atomic E-state index is 11.9. The number of carbonyl (C=O) groups excluding carboxylic acids is 1. The van der Waals surface area contributed by atoms with E-state index in [1.54, 1.807) is 0 Å². The molecule has 7 heteroatoms. The molecule has 0 aliphatic heterocycles. The highest BCUT2D eigenvalue weighted by molar-refractivity contribution is 9.10. The van der Waals surface area contributed by atoms with E-state index in [1.807, 2.05) is 13.8 Å². The number of pyridine rings is 1. The van der Waals surface area contributed by atoms with Crippen molar-refractivity contribution in [2.75, 3.05) is 6.61 Å². The SMILES string of the molecule is CCCCOC(=O)c1nc(Br)c2c(C)nsc2c1O. The minimum atomic E-state index is -0.611. The molecule has 0 unspecified atom stereocenters. The van der Waals surface area contributed by atoms with Gasteiger partial charge in [0.25, 0.3) is 0 Å². The monoisotopic (exact) mass is 344 g/mol. The molecule has 5 nitrogen and oxygen atoms in total. The second-order valence-electron chi connectivity index (χ2n) is 4.06. The fraction of sp³-hybridized carbons (Fsp3) is 0.417. The van der Waals surface area contributed by atoms with E-state index in [4.69, 9.17) is 4.74 Å². The molecule has 0 aromatic carbocycles. The van der Waals surface area contributed by atoms with Crippen LogP contribution in [0.5, 0.6) is 5.75 Å². The molecule has 19 heavy (non-hydrogen) atoms. The number of halogens is 1. The van der Waals surface area contributed by atoms with Gasteiger partial charge in [-0.25, -0.2) is 9.78 Å². The van der Waals surface area contributed by atoms with Gasteiger partial charge in [0, 0.05) is 0 Å². The number of hydrogen-bond donors (Lipinski definition) is 1. The average Bonchev–Trinajstić information content (AvgIpc) is 2.77. The molecule has 2 aromatic rings. The Labute approximate surface area is 122 Å². The highest BCUT2D eigenvalue weighted by atomic mass is 79.9. The summed E-state index contributed by atoms with van der Waals surface area (Å²) in [7, 11) is 0. The number of aryl methyl sites for hydroxylation is 1. The zero-order valence-electron chi connectivity index (χ0n) is 10.6. The largest absolute Gasteiger partial charge is 0.504 e. The summed E-state index contributed by atoms with van der Waals surface area (Å²) in [5, 5.41) is 10.8. The highest BCUT2D eigenvalue weighted by Crippen LogP contribution is 2.37. The Balaban J connectivity index is 2.39. The van der Waals surface area contributed by atoms with E-state index in [1.165, 1.54) is 0 Å². The molecule has 102 valence electrons. The third-order valence-corrected chi connectivity index (χ3v) is 4.16. The van der Waals surface area contributed by atoms with E-state index in [0.717, 1.165) is 35.5 Å². The van der Waals surface area contributed by atoms with E-state index in [-0.39, 0.29) is 11.4 Å². The topological polar surface area (TPSA) is 72.3 Å². The number of ether oxygens (including phenoxy) is 1. The first-order chi connectivity index (χ1) is 9.06. The maximum Gasteiger partial charge on any atom is 0.360 e. The van der Waals surface area contributed by atoms with E-state index in [9.17, 15) is 9.90 Å². The van der Waals surface area contributed by atoms with E-state index < -0.39 is 5.97 Å². The van der Waals surface area contributed by atoms with Crippen molar-refractivity contribution in [1.29, 1.82) is 0 Å². The molecule has 0 bridgehead atoms. The standard InChI is InChI=1S/C12H13BrN2O3S/c1-3-4-5-18-12(17)8-9(16)10-7(11(13)14-8)6(2)15-19-10/h16H,3-5H2,1-2H3. The first-order valence-corrected chi connectivity index (χ1v) is 7.44. The lowest BCUT2D eigenvalue weighted by Gasteiger charge is -2.06. The van der Waals surface area contributed by atoms with Gasteiger partial charge in [0.15, 0.2) is 11.4 Å². The molecule has 0 saturated carbocycles. The zero-order valence-corrected chi connectivity index (χ0v) is 13.0. The predicted octanol–water partition coefficient (Wildman–Crippen LogP) is 3.42. The molecule has 0 spiro atoms. The van der Waals surface area contributed by atoms with E-state index in [0.29, 0.717) is 15.9 Å². The van der Waals surface area contributed by atoms with Crippen molar-refractivity contribution < 1.29 is 14.6 Å². The molecule has 0 fully saturated rings. The summed E-state index contributed by atoms with van der Waals surface area (Å²) in [5.41, 5.74) is 0.694. The van der Waals surface area contributed by atoms with Crippen LogP contribution in [0.3, 0.4) is 0 Å². The van der Waals surface area contributed by atoms with Gasteiger partial charge in [0.2, 0.25) is 0 Å². The predicted molar refractivity (Wildman–Crippen MR) is 76.7 cm³/mol. The molecule has 1 N–H and O–H groups in total. The van der Waals surface area contributed by atoms with Crippen LogP contribution in [-0.2, 0) is 4.74 Å². The van der Waals surface area contributed by atoms with Gasteiger partial charge in [-0.3, -0.25) is 0 Å². The minimum Gasteiger partial charge on any atom is -0.504 e. The molecule has 0 aliphatic rings. The Kier molecular flexibility index (Phi) is 4.36. The highest BCUT2D eigenvalue weighted by Gasteiger charge is 2.22. The summed E-state index contributed by atoms with van der Waals surface area (Å²) in [6.07, 6.45) is 1.72. The van der Waals surface area contributed by atoms with Gasteiger partial charge in [-0.1, -0.05) is 13.3 Å². The maximum absolute atomic E-state index is 11.9. The van der Waals surface area contributed by atoms with Crippen molar-refractivity contribution >= 4 is 43.5 Å². The number of esters is 1. The van der Waals surface area contributed by atoms with Crippen molar-refractivity contribution in [3.63, 3.8) is 0 Å². The summed E-state index contributed by atoms with van der Waals surface area (Å²) in [6, 6.07) is 0. The van der Waals surface area contributed by atoms with E-state index in [2.05, 4.69) is 25.3 Å². The molecule has 0 atom stereocenters. The number of nitrogens with zero attached hydrogens (tertiary/aromatic N) is 2. The Morgan fingerprint density at radius 3 is 2.95 bits per heavy atom. The molecule has 2 rings (SSSR count). The van der Waals surface area contributed by atoms with Gasteiger partial charge in [-0.15, -0.1) is 0 Å². The van der Waals surface area contributed by atoms with Crippen LogP contribution in [0, 0.1) is 6.92 Å². The quantitative estimate of drug-likeness (QED) is 0.522. The normalized spacial score (nSPS) is 10.9. The van der Waals surface area contributed by atoms with Crippen LogP contribution in [0.25, 0.3) is 10.1 Å². The molecule has 0 amide bonds. The van der Waals surface area contributed by atoms with Crippen LogP contribution in [-0.4, -0.2) is 27.0 Å². The number of fused-ring (bicyclic) bond motifs is 1. The number of unbranched alkanes of at least 4 members (excludes halogenated alkanes) is 1. The lowest BCUT2D eigenvalue weighted by molar-refractivity contribution is 0.0489. The summed E-state index contributed by atoms with van der Waals surface area (Å²) in [5.74, 6) is -0.773. The number of aromatic hydroxyl groups is 1. The fourth-order valence-corrected chi connectivity index (χ4v) is 3.24. The van der Waals surface area contributed by atoms with Gasteiger partial charge in [-0.05, 0) is 40.8 Å². The Hall–Kier alpha value is -1.21. The van der Waals surface area contributed by atoms with Crippen LogP contribution in [0.2, 0.25) is 0 Å². The van der Waals surface area contributed by atoms with Crippen molar-refractivity contribution in [1.82, 2.24) is 9.36 Å². The Bertz CT molecular complexity index is 627. The average molecular weight is 345 g/mol. The van der Waals surface area contributed by atoms with Crippen molar-refractivity contribution in [2.45, 2.75) is 26.7 Å². The minimum absolute atomic E-state index is 0.0703. The van der Waals surface area contributed by atoms with Gasteiger partial charge >= 0.3 is 5.97 Å². The van der Waals surface area contributed by atoms with Crippen LogP contribution in [0.4, 0.5) is 0 Å². The molecule has 0 saturated heterocycles. The number of hydrogen-bond acceptors (Lipinski definition) is 6.